The topological polar surface area (TPSA) is 90.9 Å². The van der Waals surface area contributed by atoms with Crippen LogP contribution in [0.3, 0.4) is 0 Å². The van der Waals surface area contributed by atoms with E-state index in [1.54, 1.807) is 6.92 Å². The Hall–Kier alpha value is -0.810. The maximum atomic E-state index is 9.81. The molecule has 0 aromatic rings. The Morgan fingerprint density at radius 3 is 2.33 bits per heavy atom. The first kappa shape index (κ1) is 14.2. The quantitative estimate of drug-likeness (QED) is 0.216. The van der Waals surface area contributed by atoms with Crippen molar-refractivity contribution in [1.82, 2.24) is 5.32 Å². The lowest BCUT2D eigenvalue weighted by Crippen LogP contribution is -2.44. The van der Waals surface area contributed by atoms with Gasteiger partial charge in [-0.05, 0) is 12.8 Å². The third kappa shape index (κ3) is 4.99. The first-order chi connectivity index (χ1) is 7.06. The van der Waals surface area contributed by atoms with E-state index in [2.05, 4.69) is 24.3 Å². The lowest BCUT2D eigenvalue weighted by Gasteiger charge is -2.22. The molecule has 5 heteroatoms. The Bertz CT molecular complexity index is 193. The van der Waals surface area contributed by atoms with Crippen molar-refractivity contribution in [3.05, 3.63) is 0 Å². The van der Waals surface area contributed by atoms with E-state index in [4.69, 9.17) is 10.9 Å². The molecule has 0 aromatic carbocycles. The largest absolute Gasteiger partial charge is 0.409 e. The summed E-state index contributed by atoms with van der Waals surface area (Å²) in [7, 11) is 0. The third-order valence-electron chi connectivity index (χ3n) is 2.79. The lowest BCUT2D eigenvalue weighted by molar-refractivity contribution is 0.101. The molecular weight excluding hydrogens is 194 g/mol. The molecule has 15 heavy (non-hydrogen) atoms. The molecule has 0 radical (unpaired) electrons. The smallest absolute Gasteiger partial charge is 0.156 e. The van der Waals surface area contributed by atoms with Crippen LogP contribution in [0.2, 0.25) is 0 Å². The molecule has 90 valence electrons. The second kappa shape index (κ2) is 7.48. The highest BCUT2D eigenvalue weighted by molar-refractivity contribution is 5.84. The Morgan fingerprint density at radius 2 is 1.93 bits per heavy atom. The van der Waals surface area contributed by atoms with Gasteiger partial charge in [0, 0.05) is 6.54 Å². The maximum absolute atomic E-state index is 9.81. The molecule has 0 spiro atoms. The van der Waals surface area contributed by atoms with Gasteiger partial charge in [-0.15, -0.1) is 0 Å². The Morgan fingerprint density at radius 1 is 1.40 bits per heavy atom. The van der Waals surface area contributed by atoms with Crippen molar-refractivity contribution in [3.8, 4) is 0 Å². The second-order valence-corrected chi connectivity index (χ2v) is 3.80. The Kier molecular flexibility index (Phi) is 7.07. The van der Waals surface area contributed by atoms with Gasteiger partial charge in [0.05, 0.1) is 12.1 Å². The highest BCUT2D eigenvalue weighted by atomic mass is 16.4. The second-order valence-electron chi connectivity index (χ2n) is 3.80. The molecule has 0 aromatic heterocycles. The van der Waals surface area contributed by atoms with Crippen molar-refractivity contribution in [2.24, 2.45) is 16.8 Å². The summed E-state index contributed by atoms with van der Waals surface area (Å²) in [6.45, 7) is 6.37. The van der Waals surface area contributed by atoms with Crippen molar-refractivity contribution in [2.75, 3.05) is 6.54 Å². The van der Waals surface area contributed by atoms with Crippen LogP contribution in [0.25, 0.3) is 0 Å². The van der Waals surface area contributed by atoms with E-state index in [1.807, 2.05) is 0 Å². The zero-order chi connectivity index (χ0) is 11.8. The van der Waals surface area contributed by atoms with E-state index in [9.17, 15) is 5.11 Å². The number of nitrogens with two attached hydrogens (primary N) is 1. The van der Waals surface area contributed by atoms with Gasteiger partial charge in [-0.25, -0.2) is 0 Å². The highest BCUT2D eigenvalue weighted by Crippen LogP contribution is 2.12. The fourth-order valence-electron chi connectivity index (χ4n) is 1.49. The molecule has 2 unspecified atom stereocenters. The predicted molar refractivity (Wildman–Crippen MR) is 61.0 cm³/mol. The summed E-state index contributed by atoms with van der Waals surface area (Å²) in [5.41, 5.74) is 5.40. The molecule has 0 saturated heterocycles. The molecule has 0 fully saturated rings. The normalized spacial score (nSPS) is 16.7. The van der Waals surface area contributed by atoms with Crippen molar-refractivity contribution in [1.29, 1.82) is 0 Å². The molecule has 0 aliphatic heterocycles. The van der Waals surface area contributed by atoms with Gasteiger partial charge in [-0.1, -0.05) is 31.8 Å². The monoisotopic (exact) mass is 217 g/mol. The summed E-state index contributed by atoms with van der Waals surface area (Å²) in [5, 5.41) is 24.2. The van der Waals surface area contributed by atoms with Crippen LogP contribution in [-0.2, 0) is 0 Å². The number of hydrogen-bond donors (Lipinski definition) is 4. The van der Waals surface area contributed by atoms with E-state index >= 15 is 0 Å². The summed E-state index contributed by atoms with van der Waals surface area (Å²) in [4.78, 5) is 0. The molecule has 0 amide bonds. The number of hydrogen-bond acceptors (Lipinski definition) is 4. The van der Waals surface area contributed by atoms with Gasteiger partial charge in [0.25, 0.3) is 0 Å². The van der Waals surface area contributed by atoms with E-state index < -0.39 is 0 Å². The van der Waals surface area contributed by atoms with Gasteiger partial charge in [-0.2, -0.15) is 0 Å². The van der Waals surface area contributed by atoms with E-state index in [1.165, 1.54) is 0 Å². The molecule has 2 atom stereocenters. The van der Waals surface area contributed by atoms with Crippen LogP contribution in [0.1, 0.15) is 33.6 Å². The van der Waals surface area contributed by atoms with Crippen LogP contribution in [-0.4, -0.2) is 34.8 Å². The number of amidine groups is 1. The summed E-state index contributed by atoms with van der Waals surface area (Å²) in [6, 6.07) is -0.223. The van der Waals surface area contributed by atoms with Gasteiger partial charge in [0.15, 0.2) is 5.84 Å². The van der Waals surface area contributed by atoms with Crippen molar-refractivity contribution in [3.63, 3.8) is 0 Å². The molecular formula is C10H23N3O2. The van der Waals surface area contributed by atoms with Gasteiger partial charge < -0.3 is 21.4 Å². The van der Waals surface area contributed by atoms with Crippen LogP contribution in [0.15, 0.2) is 5.16 Å². The van der Waals surface area contributed by atoms with Gasteiger partial charge in [0.1, 0.15) is 0 Å². The number of oxime groups is 1. The van der Waals surface area contributed by atoms with Gasteiger partial charge in [0.2, 0.25) is 0 Å². The number of aliphatic hydroxyl groups excluding tert-OH is 1. The third-order valence-corrected chi connectivity index (χ3v) is 2.79. The minimum atomic E-state index is -0.381. The van der Waals surface area contributed by atoms with Crippen LogP contribution < -0.4 is 11.1 Å². The first-order valence-electron chi connectivity index (χ1n) is 5.45. The first-order valence-corrected chi connectivity index (χ1v) is 5.45. The standard InChI is InChI=1S/C10H23N3O2/c1-4-8(5-2)9(14)6-12-7(3)10(11)13-15/h7-9,12,14-15H,4-6H2,1-3H3,(H2,11,13). The lowest BCUT2D eigenvalue weighted by atomic mass is 9.96. The van der Waals surface area contributed by atoms with E-state index in [0.29, 0.717) is 12.5 Å². The molecule has 0 saturated carbocycles. The molecule has 5 N–H and O–H groups in total. The molecule has 0 heterocycles. The minimum absolute atomic E-state index is 0.131. The average Bonchev–Trinajstić information content (AvgIpc) is 2.26. The average molecular weight is 217 g/mol. The fourth-order valence-corrected chi connectivity index (χ4v) is 1.49. The SMILES string of the molecule is CCC(CC)C(O)CNC(C)C(N)=NO. The van der Waals surface area contributed by atoms with Crippen LogP contribution in [0, 0.1) is 5.92 Å². The number of aliphatic hydroxyl groups is 1. The Balaban J connectivity index is 3.94. The number of nitrogens with zero attached hydrogens (tertiary/aromatic N) is 1. The molecule has 5 nitrogen and oxygen atoms in total. The van der Waals surface area contributed by atoms with Crippen molar-refractivity contribution >= 4 is 5.84 Å². The fraction of sp³-hybridized carbons (Fsp3) is 0.900. The number of rotatable bonds is 7. The van der Waals surface area contributed by atoms with Gasteiger partial charge >= 0.3 is 0 Å². The zero-order valence-corrected chi connectivity index (χ0v) is 9.77. The van der Waals surface area contributed by atoms with Crippen molar-refractivity contribution in [2.45, 2.75) is 45.8 Å². The summed E-state index contributed by atoms with van der Waals surface area (Å²) in [5.74, 6) is 0.434. The molecule has 0 bridgehead atoms. The maximum Gasteiger partial charge on any atom is 0.156 e. The molecule has 0 rings (SSSR count). The van der Waals surface area contributed by atoms with E-state index in [0.717, 1.165) is 12.8 Å². The summed E-state index contributed by atoms with van der Waals surface area (Å²) in [6.07, 6.45) is 1.53. The van der Waals surface area contributed by atoms with E-state index in [-0.39, 0.29) is 18.0 Å². The predicted octanol–water partition coefficient (Wildman–Crippen LogP) is 0.508. The summed E-state index contributed by atoms with van der Waals surface area (Å²) < 4.78 is 0. The summed E-state index contributed by atoms with van der Waals surface area (Å²) >= 11 is 0. The minimum Gasteiger partial charge on any atom is -0.409 e. The Labute approximate surface area is 91.4 Å². The molecule has 0 aliphatic rings. The van der Waals surface area contributed by atoms with Crippen LogP contribution in [0.5, 0.6) is 0 Å². The zero-order valence-electron chi connectivity index (χ0n) is 9.77. The number of nitrogens with one attached hydrogen (secondary N) is 1. The van der Waals surface area contributed by atoms with Crippen LogP contribution in [0.4, 0.5) is 0 Å². The van der Waals surface area contributed by atoms with Gasteiger partial charge in [-0.3, -0.25) is 0 Å². The molecule has 0 aliphatic carbocycles. The van der Waals surface area contributed by atoms with Crippen molar-refractivity contribution < 1.29 is 10.3 Å². The highest BCUT2D eigenvalue weighted by Gasteiger charge is 2.16. The van der Waals surface area contributed by atoms with Crippen LogP contribution >= 0.6 is 0 Å².